The van der Waals surface area contributed by atoms with Gasteiger partial charge in [-0.15, -0.1) is 0 Å². The number of nitrogens with one attached hydrogen (secondary N) is 5. The highest BCUT2D eigenvalue weighted by molar-refractivity contribution is 7.98. The smallest absolute Gasteiger partial charge is 0.325 e. The fraction of sp³-hybridized carbons (Fsp3) is 0.536. The molecule has 5 atom stereocenters. The van der Waals surface area contributed by atoms with Gasteiger partial charge in [-0.25, -0.2) is 0 Å². The Kier molecular flexibility index (Phi) is 13.1. The van der Waals surface area contributed by atoms with Crippen molar-refractivity contribution in [2.45, 2.75) is 77.2 Å². The van der Waals surface area contributed by atoms with Crippen molar-refractivity contribution in [1.82, 2.24) is 26.3 Å². The largest absolute Gasteiger partial charge is 0.480 e. The number of nitrogens with two attached hydrogens (primary N) is 1. The highest BCUT2D eigenvalue weighted by Gasteiger charge is 2.31. The van der Waals surface area contributed by atoms with Gasteiger partial charge in [0, 0.05) is 23.5 Å². The average Bonchev–Trinajstić information content (AvgIpc) is 3.32. The van der Waals surface area contributed by atoms with Gasteiger partial charge in [0.05, 0.1) is 6.04 Å². The van der Waals surface area contributed by atoms with Crippen LogP contribution < -0.4 is 27.0 Å². The van der Waals surface area contributed by atoms with Crippen molar-refractivity contribution in [3.8, 4) is 0 Å². The number of amides is 4. The van der Waals surface area contributed by atoms with Crippen LogP contribution in [0, 0.1) is 5.92 Å². The molecule has 13 heteroatoms. The van der Waals surface area contributed by atoms with E-state index in [4.69, 9.17) is 5.73 Å². The van der Waals surface area contributed by atoms with Crippen LogP contribution in [0.5, 0.6) is 0 Å². The highest BCUT2D eigenvalue weighted by Crippen LogP contribution is 2.19. The molecule has 41 heavy (non-hydrogen) atoms. The summed E-state index contributed by atoms with van der Waals surface area (Å²) in [7, 11) is 0. The zero-order valence-electron chi connectivity index (χ0n) is 24.2. The van der Waals surface area contributed by atoms with Crippen LogP contribution in [0.25, 0.3) is 10.9 Å². The van der Waals surface area contributed by atoms with Crippen LogP contribution in [0.4, 0.5) is 0 Å². The summed E-state index contributed by atoms with van der Waals surface area (Å²) in [6.07, 6.45) is 4.29. The number of aliphatic carboxylic acids is 1. The van der Waals surface area contributed by atoms with E-state index in [1.165, 1.54) is 25.6 Å². The Hall–Kier alpha value is -3.58. The molecule has 2 rings (SSSR count). The molecule has 8 N–H and O–H groups in total. The van der Waals surface area contributed by atoms with E-state index in [1.54, 1.807) is 6.20 Å². The first-order valence-corrected chi connectivity index (χ1v) is 15.0. The zero-order chi connectivity index (χ0) is 30.7. The molecule has 0 radical (unpaired) electrons. The van der Waals surface area contributed by atoms with E-state index in [9.17, 15) is 29.1 Å². The predicted octanol–water partition coefficient (Wildman–Crippen LogP) is 0.901. The SMILES string of the molecule is CSCC[C@H](NC(=O)[C@H](C)N)C(=O)N[C@@H](CC(C)C)C(=O)N[C@@H](Cc1c[nH]c2ccccc12)C(=O)N[C@@H](C)C(=O)O. The van der Waals surface area contributed by atoms with E-state index in [0.717, 1.165) is 16.5 Å². The van der Waals surface area contributed by atoms with Crippen molar-refractivity contribution in [3.63, 3.8) is 0 Å². The minimum Gasteiger partial charge on any atom is -0.480 e. The summed E-state index contributed by atoms with van der Waals surface area (Å²) in [5.74, 6) is -2.92. The van der Waals surface area contributed by atoms with Gasteiger partial charge in [-0.1, -0.05) is 32.0 Å². The lowest BCUT2D eigenvalue weighted by atomic mass is 10.00. The lowest BCUT2D eigenvalue weighted by Crippen LogP contribution is -2.58. The third-order valence-electron chi connectivity index (χ3n) is 6.46. The number of aromatic nitrogens is 1. The number of carboxylic acid groups (broad SMARTS) is 1. The molecular weight excluding hydrogens is 548 g/mol. The Balaban J connectivity index is 2.30. The van der Waals surface area contributed by atoms with Gasteiger partial charge in [0.15, 0.2) is 0 Å². The Morgan fingerprint density at radius 1 is 0.878 bits per heavy atom. The van der Waals surface area contributed by atoms with Crippen LogP contribution in [0.3, 0.4) is 0 Å². The zero-order valence-corrected chi connectivity index (χ0v) is 25.0. The van der Waals surface area contributed by atoms with Crippen LogP contribution in [-0.2, 0) is 30.4 Å². The van der Waals surface area contributed by atoms with Gasteiger partial charge in [-0.05, 0) is 56.2 Å². The second-order valence-corrected chi connectivity index (χ2v) is 11.5. The number of carbonyl (C=O) groups is 5. The number of aromatic amines is 1. The summed E-state index contributed by atoms with van der Waals surface area (Å²) in [6.45, 7) is 6.62. The summed E-state index contributed by atoms with van der Waals surface area (Å²) in [5, 5.41) is 20.7. The lowest BCUT2D eigenvalue weighted by molar-refractivity contribution is -0.141. The summed E-state index contributed by atoms with van der Waals surface area (Å²) >= 11 is 1.51. The number of benzene rings is 1. The van der Waals surface area contributed by atoms with Gasteiger partial charge < -0.3 is 37.1 Å². The first kappa shape index (κ1) is 33.6. The quantitative estimate of drug-likeness (QED) is 0.150. The van der Waals surface area contributed by atoms with Crippen LogP contribution in [-0.4, -0.2) is 81.9 Å². The second-order valence-electron chi connectivity index (χ2n) is 10.5. The number of hydrogen-bond acceptors (Lipinski definition) is 7. The van der Waals surface area contributed by atoms with Crippen LogP contribution in [0.15, 0.2) is 30.5 Å². The number of rotatable bonds is 16. The minimum absolute atomic E-state index is 0.00211. The molecular formula is C28H42N6O6S. The second kappa shape index (κ2) is 16.0. The number of para-hydroxylation sites is 1. The van der Waals surface area contributed by atoms with E-state index < -0.39 is 59.8 Å². The molecule has 0 fully saturated rings. The van der Waals surface area contributed by atoms with Gasteiger partial charge in [-0.3, -0.25) is 24.0 Å². The van der Waals surface area contributed by atoms with Crippen molar-refractivity contribution in [2.24, 2.45) is 11.7 Å². The van der Waals surface area contributed by atoms with Gasteiger partial charge >= 0.3 is 5.97 Å². The molecule has 0 aliphatic rings. The van der Waals surface area contributed by atoms with Gasteiger partial charge in [0.1, 0.15) is 24.2 Å². The molecule has 4 amide bonds. The third-order valence-corrected chi connectivity index (χ3v) is 7.10. The Morgan fingerprint density at radius 3 is 2.07 bits per heavy atom. The number of fused-ring (bicyclic) bond motifs is 1. The van der Waals surface area contributed by atoms with Gasteiger partial charge in [-0.2, -0.15) is 11.8 Å². The van der Waals surface area contributed by atoms with Crippen molar-refractivity contribution in [2.75, 3.05) is 12.0 Å². The maximum Gasteiger partial charge on any atom is 0.325 e. The number of carbonyl (C=O) groups excluding carboxylic acids is 4. The molecule has 226 valence electrons. The number of carboxylic acids is 1. The predicted molar refractivity (Wildman–Crippen MR) is 159 cm³/mol. The van der Waals surface area contributed by atoms with Crippen LogP contribution in [0.2, 0.25) is 0 Å². The number of hydrogen-bond donors (Lipinski definition) is 7. The average molecular weight is 591 g/mol. The van der Waals surface area contributed by atoms with Crippen molar-refractivity contribution in [1.29, 1.82) is 0 Å². The van der Waals surface area contributed by atoms with Crippen molar-refractivity contribution < 1.29 is 29.1 Å². The molecule has 0 spiro atoms. The fourth-order valence-corrected chi connectivity index (χ4v) is 4.63. The Bertz CT molecular complexity index is 1220. The van der Waals surface area contributed by atoms with Crippen molar-refractivity contribution in [3.05, 3.63) is 36.0 Å². The molecule has 0 bridgehead atoms. The monoisotopic (exact) mass is 590 g/mol. The molecule has 1 aromatic heterocycles. The molecule has 0 aliphatic carbocycles. The summed E-state index contributed by atoms with van der Waals surface area (Å²) in [6, 6.07) is 2.45. The van der Waals surface area contributed by atoms with Crippen LogP contribution >= 0.6 is 11.8 Å². The van der Waals surface area contributed by atoms with E-state index in [2.05, 4.69) is 26.3 Å². The maximum atomic E-state index is 13.6. The highest BCUT2D eigenvalue weighted by atomic mass is 32.2. The molecule has 1 heterocycles. The van der Waals surface area contributed by atoms with E-state index in [-0.39, 0.29) is 18.8 Å². The molecule has 2 aromatic rings. The summed E-state index contributed by atoms with van der Waals surface area (Å²) in [5.41, 5.74) is 7.27. The first-order valence-electron chi connectivity index (χ1n) is 13.6. The van der Waals surface area contributed by atoms with E-state index in [0.29, 0.717) is 12.2 Å². The lowest BCUT2D eigenvalue weighted by Gasteiger charge is -2.27. The Morgan fingerprint density at radius 2 is 1.46 bits per heavy atom. The summed E-state index contributed by atoms with van der Waals surface area (Å²) < 4.78 is 0. The van der Waals surface area contributed by atoms with Crippen LogP contribution in [0.1, 0.15) is 46.1 Å². The van der Waals surface area contributed by atoms with E-state index in [1.807, 2.05) is 44.4 Å². The molecule has 12 nitrogen and oxygen atoms in total. The van der Waals surface area contributed by atoms with E-state index >= 15 is 0 Å². The molecule has 0 unspecified atom stereocenters. The number of thioether (sulfide) groups is 1. The molecule has 0 saturated carbocycles. The molecule has 0 aliphatic heterocycles. The molecule has 1 aromatic carbocycles. The van der Waals surface area contributed by atoms with Gasteiger partial charge in [0.25, 0.3) is 0 Å². The van der Waals surface area contributed by atoms with Gasteiger partial charge in [0.2, 0.25) is 23.6 Å². The molecule has 0 saturated heterocycles. The standard InChI is InChI=1S/C28H42N6O6S/c1-15(2)12-22(33-25(36)21(10-11-41-5)32-24(35)16(3)29)27(38)34-23(26(37)31-17(4)28(39)40)13-18-14-30-20-9-7-6-8-19(18)20/h6-9,14-17,21-23,30H,10-13,29H2,1-5H3,(H,31,37)(H,32,35)(H,33,36)(H,34,38)(H,39,40)/t16-,17-,21-,22-,23-/m0/s1. The van der Waals surface area contributed by atoms with Crippen molar-refractivity contribution >= 4 is 52.3 Å². The number of H-pyrrole nitrogens is 1. The normalized spacial score (nSPS) is 14.9. The fourth-order valence-electron chi connectivity index (χ4n) is 4.16. The topological polar surface area (TPSA) is 196 Å². The third kappa shape index (κ3) is 10.4. The maximum absolute atomic E-state index is 13.6. The summed E-state index contributed by atoms with van der Waals surface area (Å²) in [4.78, 5) is 66.7. The minimum atomic E-state index is -1.22. The first-order chi connectivity index (χ1) is 19.3. The Labute approximate surface area is 244 Å².